The second-order valence-corrected chi connectivity index (χ2v) is 9.87. The second kappa shape index (κ2) is 19.6. The lowest BCUT2D eigenvalue weighted by Gasteiger charge is -2.08. The van der Waals surface area contributed by atoms with E-state index in [-0.39, 0.29) is 17.0 Å². The molecular formula is C23H23Br3N10O3S2. The largest absolute Gasteiger partial charge is 0.450 e. The molecule has 18 heteroatoms. The number of nitrogens with one attached hydrogen (secondary N) is 2. The molecule has 0 aliphatic carbocycles. The Morgan fingerprint density at radius 2 is 1.66 bits per heavy atom. The van der Waals surface area contributed by atoms with Gasteiger partial charge in [0.05, 0.1) is 11.8 Å². The Kier molecular flexibility index (Phi) is 17.1. The number of pyridine rings is 3. The molecule has 6 N–H and O–H groups in total. The quantitative estimate of drug-likeness (QED) is 0.115. The third kappa shape index (κ3) is 15.8. The number of carbonyl (C=O) groups excluding carboxylic acids is 2. The number of hydrogen-bond acceptors (Lipinski definition) is 11. The predicted octanol–water partition coefficient (Wildman–Crippen LogP) is 5.42. The summed E-state index contributed by atoms with van der Waals surface area (Å²) in [5, 5.41) is 11.1. The summed E-state index contributed by atoms with van der Waals surface area (Å²) in [4.78, 5) is 35.8. The maximum absolute atomic E-state index is 11.0. The van der Waals surface area contributed by atoms with Crippen molar-refractivity contribution in [2.45, 2.75) is 13.8 Å². The zero-order valence-electron chi connectivity index (χ0n) is 21.4. The maximum Gasteiger partial charge on any atom is 0.413 e. The van der Waals surface area contributed by atoms with Crippen LogP contribution in [0.2, 0.25) is 0 Å². The van der Waals surface area contributed by atoms with E-state index in [1.165, 1.54) is 6.92 Å². The second-order valence-electron chi connectivity index (χ2n) is 6.84. The lowest BCUT2D eigenvalue weighted by molar-refractivity contribution is -0.115. The van der Waals surface area contributed by atoms with E-state index in [0.29, 0.717) is 22.8 Å². The highest BCUT2D eigenvalue weighted by Gasteiger charge is 2.05. The van der Waals surface area contributed by atoms with Gasteiger partial charge >= 0.3 is 6.09 Å². The fourth-order valence-electron chi connectivity index (χ4n) is 2.26. The van der Waals surface area contributed by atoms with Gasteiger partial charge in [-0.3, -0.25) is 10.1 Å². The van der Waals surface area contributed by atoms with Crippen molar-refractivity contribution >= 4 is 118 Å². The molecule has 0 unspecified atom stereocenters. The number of aliphatic imine (C=N–C) groups is 1. The number of amides is 2. The first-order valence-electron chi connectivity index (χ1n) is 11.1. The Balaban J connectivity index is 0.000000292. The number of aromatic nitrogens is 5. The molecule has 0 aliphatic rings. The van der Waals surface area contributed by atoms with Crippen molar-refractivity contribution in [1.82, 2.24) is 29.9 Å². The minimum Gasteiger partial charge on any atom is -0.450 e. The first kappa shape index (κ1) is 35.6. The number of nitrogen functional groups attached to an aromatic ring is 2. The fraction of sp³-hybridized carbons (Fsp3) is 0.130. The van der Waals surface area contributed by atoms with Gasteiger partial charge < -0.3 is 21.5 Å². The third-order valence-corrected chi connectivity index (χ3v) is 5.50. The first-order chi connectivity index (χ1) is 19.4. The number of rotatable bonds is 2. The molecule has 4 aromatic rings. The van der Waals surface area contributed by atoms with Crippen LogP contribution in [-0.2, 0) is 9.53 Å². The van der Waals surface area contributed by atoms with Crippen molar-refractivity contribution in [2.24, 2.45) is 4.99 Å². The Bertz CT molecular complexity index is 1500. The standard InChI is InChI=1S/C9H10BrN3O2S.C6H5BrN4.C5H5BrN2.C3H3NOS/c1-2-15-9(14)13-8(16)12-7-5-3-4-6(10)11-7;7-4-2-1-3-5-9-6(8)10-11(4)5;6-4-2-1-3-5(7)8-4;1-3(5)4-2-6/h3-5H,2H2,1H3,(H2,11,12,13,14,16);1-3H,(H2,8,10);1-3H,(H2,7,8);1H3. The SMILES string of the molecule is CC(=O)N=C=S.CCOC(=O)NC(=S)Nc1cccc(Br)n1.Nc1cccc(Br)n1.Nc1nc2cccc(Br)n2n1. The molecule has 0 aromatic carbocycles. The highest BCUT2D eigenvalue weighted by Crippen LogP contribution is 2.12. The Labute approximate surface area is 271 Å². The van der Waals surface area contributed by atoms with Crippen LogP contribution < -0.4 is 22.1 Å². The summed E-state index contributed by atoms with van der Waals surface area (Å²) in [6.45, 7) is 3.33. The Morgan fingerprint density at radius 3 is 2.15 bits per heavy atom. The van der Waals surface area contributed by atoms with Crippen LogP contribution in [0.3, 0.4) is 0 Å². The summed E-state index contributed by atoms with van der Waals surface area (Å²) < 4.78 is 8.60. The van der Waals surface area contributed by atoms with Crippen LogP contribution in [0.25, 0.3) is 5.65 Å². The molecule has 0 fully saturated rings. The topological polar surface area (TPSA) is 188 Å². The third-order valence-electron chi connectivity index (χ3n) is 3.72. The molecule has 216 valence electrons. The number of thiocarbonyl (C=S) groups is 2. The van der Waals surface area contributed by atoms with E-state index in [1.807, 2.05) is 35.5 Å². The Hall–Kier alpha value is -3.41. The Morgan fingerprint density at radius 1 is 1.02 bits per heavy atom. The summed E-state index contributed by atoms with van der Waals surface area (Å²) in [6.07, 6.45) is -0.588. The molecule has 0 atom stereocenters. The van der Waals surface area contributed by atoms with Crippen LogP contribution in [-0.4, -0.2) is 53.4 Å². The van der Waals surface area contributed by atoms with Crippen LogP contribution in [0, 0.1) is 0 Å². The fourth-order valence-corrected chi connectivity index (χ4v) is 3.69. The van der Waals surface area contributed by atoms with Crippen LogP contribution >= 0.6 is 72.2 Å². The number of nitrogens with two attached hydrogens (primary N) is 2. The molecule has 41 heavy (non-hydrogen) atoms. The molecule has 4 aromatic heterocycles. The molecule has 0 saturated heterocycles. The average molecular weight is 791 g/mol. The zero-order valence-corrected chi connectivity index (χ0v) is 27.8. The number of halogens is 3. The van der Waals surface area contributed by atoms with E-state index in [0.717, 1.165) is 14.9 Å². The van der Waals surface area contributed by atoms with Gasteiger partial charge in [-0.05, 0) is 116 Å². The van der Waals surface area contributed by atoms with Crippen LogP contribution in [0.15, 0.2) is 73.4 Å². The van der Waals surface area contributed by atoms with Crippen LogP contribution in [0.4, 0.5) is 22.4 Å². The van der Waals surface area contributed by atoms with Gasteiger partial charge in [-0.1, -0.05) is 18.2 Å². The molecule has 0 radical (unpaired) electrons. The van der Waals surface area contributed by atoms with Crippen LogP contribution in [0.1, 0.15) is 13.8 Å². The van der Waals surface area contributed by atoms with Gasteiger partial charge in [0, 0.05) is 6.92 Å². The summed E-state index contributed by atoms with van der Waals surface area (Å²) in [5.74, 6) is 1.07. The van der Waals surface area contributed by atoms with E-state index >= 15 is 0 Å². The average Bonchev–Trinajstić information content (AvgIpc) is 3.27. The molecule has 0 saturated carbocycles. The minimum atomic E-state index is -0.588. The summed E-state index contributed by atoms with van der Waals surface area (Å²) >= 11 is 18.7. The van der Waals surface area contributed by atoms with Gasteiger partial charge in [0.1, 0.15) is 25.4 Å². The number of anilines is 3. The van der Waals surface area contributed by atoms with Crippen molar-refractivity contribution in [1.29, 1.82) is 0 Å². The molecule has 0 bridgehead atoms. The molecule has 4 rings (SSSR count). The number of nitrogens with zero attached hydrogens (tertiary/aromatic N) is 6. The van der Waals surface area contributed by atoms with E-state index in [9.17, 15) is 9.59 Å². The number of alkyl carbamates (subject to hydrolysis) is 1. The number of hydrogen-bond donors (Lipinski definition) is 4. The number of isothiocyanates is 1. The molecule has 0 spiro atoms. The van der Waals surface area contributed by atoms with E-state index in [1.54, 1.807) is 35.7 Å². The van der Waals surface area contributed by atoms with Gasteiger partial charge in [-0.2, -0.15) is 9.98 Å². The van der Waals surface area contributed by atoms with Crippen molar-refractivity contribution in [2.75, 3.05) is 23.4 Å². The zero-order chi connectivity index (χ0) is 30.8. The molecule has 2 amide bonds. The summed E-state index contributed by atoms with van der Waals surface area (Å²) in [7, 11) is 0. The van der Waals surface area contributed by atoms with Crippen molar-refractivity contribution in [3.63, 3.8) is 0 Å². The van der Waals surface area contributed by atoms with Gasteiger partial charge in [-0.25, -0.2) is 19.3 Å². The predicted molar refractivity (Wildman–Crippen MR) is 175 cm³/mol. The van der Waals surface area contributed by atoms with Gasteiger partial charge in [0.2, 0.25) is 5.95 Å². The van der Waals surface area contributed by atoms with E-state index in [2.05, 4.69) is 100 Å². The first-order valence-corrected chi connectivity index (χ1v) is 14.2. The normalized spacial score (nSPS) is 9.20. The number of ether oxygens (including phenoxy) is 1. The smallest absolute Gasteiger partial charge is 0.413 e. The van der Waals surface area contributed by atoms with E-state index in [4.69, 9.17) is 23.7 Å². The van der Waals surface area contributed by atoms with Crippen molar-refractivity contribution in [3.05, 3.63) is 68.4 Å². The number of fused-ring (bicyclic) bond motifs is 1. The highest BCUT2D eigenvalue weighted by molar-refractivity contribution is 9.11. The monoisotopic (exact) mass is 788 g/mol. The van der Waals surface area contributed by atoms with Crippen LogP contribution in [0.5, 0.6) is 0 Å². The van der Waals surface area contributed by atoms with E-state index < -0.39 is 6.09 Å². The molecule has 0 aliphatic heterocycles. The lowest BCUT2D eigenvalue weighted by atomic mass is 10.5. The summed E-state index contributed by atoms with van der Waals surface area (Å²) in [5.41, 5.74) is 11.5. The van der Waals surface area contributed by atoms with Gasteiger partial charge in [-0.15, -0.1) is 5.10 Å². The van der Waals surface area contributed by atoms with Crippen molar-refractivity contribution in [3.8, 4) is 0 Å². The molecular weight excluding hydrogens is 768 g/mol. The number of carbonyl (C=O) groups is 2. The maximum atomic E-state index is 11.0. The molecule has 13 nitrogen and oxygen atoms in total. The minimum absolute atomic E-state index is 0.143. The lowest BCUT2D eigenvalue weighted by Crippen LogP contribution is -2.34. The summed E-state index contributed by atoms with van der Waals surface area (Å²) in [6, 6.07) is 16.3. The van der Waals surface area contributed by atoms with Gasteiger partial charge in [0.15, 0.2) is 10.8 Å². The van der Waals surface area contributed by atoms with Gasteiger partial charge in [0.25, 0.3) is 5.91 Å². The highest BCUT2D eigenvalue weighted by atomic mass is 79.9. The molecule has 4 heterocycles. The van der Waals surface area contributed by atoms with Crippen molar-refractivity contribution < 1.29 is 14.3 Å².